The minimum atomic E-state index is 0.494. The molecule has 6 heteroatoms. The number of H-pyrrole nitrogens is 1. The van der Waals surface area contributed by atoms with Crippen molar-refractivity contribution in [1.82, 2.24) is 20.5 Å². The average Bonchev–Trinajstić information content (AvgIpc) is 3.14. The number of hydrogen-bond donors (Lipinski definition) is 2. The smallest absolute Gasteiger partial charge is 0.244 e. The summed E-state index contributed by atoms with van der Waals surface area (Å²) in [6.07, 6.45) is 4.75. The van der Waals surface area contributed by atoms with E-state index < -0.39 is 0 Å². The van der Waals surface area contributed by atoms with Crippen molar-refractivity contribution in [2.24, 2.45) is 5.92 Å². The first-order chi connectivity index (χ1) is 9.90. The molecule has 2 unspecified atom stereocenters. The molecule has 0 bridgehead atoms. The molecule has 6 nitrogen and oxygen atoms in total. The van der Waals surface area contributed by atoms with Crippen LogP contribution in [0.25, 0.3) is 0 Å². The van der Waals surface area contributed by atoms with Gasteiger partial charge in [0.05, 0.1) is 0 Å². The number of nitrogens with zero attached hydrogens (tertiary/aromatic N) is 3. The third-order valence-electron chi connectivity index (χ3n) is 4.98. The summed E-state index contributed by atoms with van der Waals surface area (Å²) in [6.45, 7) is 5.01. The Balaban J connectivity index is 1.45. The van der Waals surface area contributed by atoms with E-state index in [4.69, 9.17) is 9.72 Å². The highest BCUT2D eigenvalue weighted by Crippen LogP contribution is 2.29. The van der Waals surface area contributed by atoms with E-state index in [9.17, 15) is 0 Å². The van der Waals surface area contributed by atoms with Crippen LogP contribution in [0, 0.1) is 5.92 Å². The van der Waals surface area contributed by atoms with Crippen LogP contribution < -0.4 is 10.2 Å². The molecule has 0 amide bonds. The van der Waals surface area contributed by atoms with Gasteiger partial charge in [-0.1, -0.05) is 0 Å². The van der Waals surface area contributed by atoms with Gasteiger partial charge in [0, 0.05) is 38.3 Å². The van der Waals surface area contributed by atoms with Gasteiger partial charge in [0.25, 0.3) is 0 Å². The quantitative estimate of drug-likeness (QED) is 0.840. The van der Waals surface area contributed by atoms with Crippen LogP contribution >= 0.6 is 0 Å². The molecule has 2 atom stereocenters. The van der Waals surface area contributed by atoms with Crippen LogP contribution in [0.5, 0.6) is 0 Å². The fraction of sp³-hybridized carbons (Fsp3) is 0.857. The molecule has 0 radical (unpaired) electrons. The van der Waals surface area contributed by atoms with Gasteiger partial charge < -0.3 is 15.0 Å². The Bertz CT molecular complexity index is 442. The van der Waals surface area contributed by atoms with Crippen LogP contribution in [0.3, 0.4) is 0 Å². The molecule has 4 heterocycles. The van der Waals surface area contributed by atoms with E-state index in [-0.39, 0.29) is 0 Å². The number of nitrogens with one attached hydrogen (secondary N) is 2. The van der Waals surface area contributed by atoms with Crippen molar-refractivity contribution in [2.45, 2.75) is 37.6 Å². The number of rotatable bonds is 2. The first-order valence-corrected chi connectivity index (χ1v) is 7.88. The summed E-state index contributed by atoms with van der Waals surface area (Å²) < 4.78 is 5.41. The summed E-state index contributed by atoms with van der Waals surface area (Å²) in [6, 6.07) is 0.633. The van der Waals surface area contributed by atoms with Gasteiger partial charge in [-0.25, -0.2) is 0 Å². The Hall–Kier alpha value is -1.14. The topological polar surface area (TPSA) is 66.1 Å². The van der Waals surface area contributed by atoms with E-state index in [1.807, 2.05) is 0 Å². The standard InChI is InChI=1S/C14H23N5O/c1-2-11-8-19(9-12(11)15-5-1)14-16-13(17-18-14)10-3-6-20-7-4-10/h10-12,15H,1-9H2,(H,16,17,18). The summed E-state index contributed by atoms with van der Waals surface area (Å²) in [7, 11) is 0. The fourth-order valence-corrected chi connectivity index (χ4v) is 3.77. The van der Waals surface area contributed by atoms with E-state index in [1.165, 1.54) is 12.8 Å². The van der Waals surface area contributed by atoms with E-state index in [1.54, 1.807) is 0 Å². The van der Waals surface area contributed by atoms with Crippen LogP contribution in [0.1, 0.15) is 37.4 Å². The molecular formula is C14H23N5O. The van der Waals surface area contributed by atoms with E-state index >= 15 is 0 Å². The third kappa shape index (κ3) is 2.31. The van der Waals surface area contributed by atoms with Gasteiger partial charge in [-0.3, -0.25) is 5.10 Å². The molecule has 20 heavy (non-hydrogen) atoms. The number of piperidine rings is 1. The lowest BCUT2D eigenvalue weighted by Gasteiger charge is -2.24. The maximum atomic E-state index is 5.41. The molecule has 4 rings (SSSR count). The van der Waals surface area contributed by atoms with Crippen LogP contribution in [0.15, 0.2) is 0 Å². The van der Waals surface area contributed by atoms with Crippen molar-refractivity contribution in [2.75, 3.05) is 37.7 Å². The molecule has 0 saturated carbocycles. The second-order valence-corrected chi connectivity index (χ2v) is 6.28. The largest absolute Gasteiger partial charge is 0.381 e. The summed E-state index contributed by atoms with van der Waals surface area (Å²) in [5, 5.41) is 11.2. The van der Waals surface area contributed by atoms with Crippen molar-refractivity contribution in [3.05, 3.63) is 5.82 Å². The van der Waals surface area contributed by atoms with Crippen molar-refractivity contribution >= 4 is 5.95 Å². The molecule has 1 aromatic heterocycles. The molecule has 3 fully saturated rings. The predicted molar refractivity (Wildman–Crippen MR) is 75.9 cm³/mol. The number of anilines is 1. The zero-order valence-electron chi connectivity index (χ0n) is 11.8. The molecule has 3 saturated heterocycles. The van der Waals surface area contributed by atoms with Gasteiger partial charge in [-0.2, -0.15) is 4.98 Å². The van der Waals surface area contributed by atoms with Crippen LogP contribution in [-0.2, 0) is 4.74 Å². The molecule has 0 spiro atoms. The molecular weight excluding hydrogens is 254 g/mol. The Morgan fingerprint density at radius 2 is 2.05 bits per heavy atom. The Morgan fingerprint density at radius 3 is 2.90 bits per heavy atom. The van der Waals surface area contributed by atoms with E-state index in [0.717, 1.165) is 63.4 Å². The van der Waals surface area contributed by atoms with Crippen LogP contribution in [-0.4, -0.2) is 54.1 Å². The molecule has 3 aliphatic rings. The Morgan fingerprint density at radius 1 is 1.15 bits per heavy atom. The molecule has 0 aliphatic carbocycles. The van der Waals surface area contributed by atoms with Crippen molar-refractivity contribution < 1.29 is 4.74 Å². The maximum Gasteiger partial charge on any atom is 0.244 e. The van der Waals surface area contributed by atoms with Crippen molar-refractivity contribution in [3.63, 3.8) is 0 Å². The van der Waals surface area contributed by atoms with Gasteiger partial charge in [0.15, 0.2) is 0 Å². The first kappa shape index (κ1) is 12.6. The summed E-state index contributed by atoms with van der Waals surface area (Å²) in [5.41, 5.74) is 0. The molecule has 0 aromatic carbocycles. The third-order valence-corrected chi connectivity index (χ3v) is 4.98. The van der Waals surface area contributed by atoms with Crippen LogP contribution in [0.2, 0.25) is 0 Å². The highest BCUT2D eigenvalue weighted by molar-refractivity contribution is 5.33. The normalized spacial score (nSPS) is 31.5. The number of hydrogen-bond acceptors (Lipinski definition) is 5. The van der Waals surface area contributed by atoms with Gasteiger partial charge >= 0.3 is 0 Å². The highest BCUT2D eigenvalue weighted by Gasteiger charge is 2.36. The average molecular weight is 277 g/mol. The van der Waals surface area contributed by atoms with Crippen molar-refractivity contribution in [3.8, 4) is 0 Å². The van der Waals surface area contributed by atoms with Gasteiger partial charge in [0.2, 0.25) is 5.95 Å². The Kier molecular flexibility index (Phi) is 3.36. The van der Waals surface area contributed by atoms with Crippen molar-refractivity contribution in [1.29, 1.82) is 0 Å². The lowest BCUT2D eigenvalue weighted by molar-refractivity contribution is 0.0836. The number of aromatic amines is 1. The highest BCUT2D eigenvalue weighted by atomic mass is 16.5. The number of ether oxygens (including phenoxy) is 1. The fourth-order valence-electron chi connectivity index (χ4n) is 3.77. The summed E-state index contributed by atoms with van der Waals surface area (Å²) in [4.78, 5) is 7.09. The second-order valence-electron chi connectivity index (χ2n) is 6.28. The summed E-state index contributed by atoms with van der Waals surface area (Å²) >= 11 is 0. The van der Waals surface area contributed by atoms with E-state index in [0.29, 0.717) is 12.0 Å². The molecule has 3 aliphatic heterocycles. The lowest BCUT2D eigenvalue weighted by Crippen LogP contribution is -2.40. The molecule has 2 N–H and O–H groups in total. The van der Waals surface area contributed by atoms with Crippen LogP contribution in [0.4, 0.5) is 5.95 Å². The second kappa shape index (κ2) is 5.33. The van der Waals surface area contributed by atoms with E-state index in [2.05, 4.69) is 20.4 Å². The monoisotopic (exact) mass is 277 g/mol. The first-order valence-electron chi connectivity index (χ1n) is 7.88. The van der Waals surface area contributed by atoms with Gasteiger partial charge in [-0.05, 0) is 38.1 Å². The minimum Gasteiger partial charge on any atom is -0.381 e. The van der Waals surface area contributed by atoms with Gasteiger partial charge in [0.1, 0.15) is 5.82 Å². The number of fused-ring (bicyclic) bond motifs is 1. The molecule has 110 valence electrons. The minimum absolute atomic E-state index is 0.494. The molecule has 1 aromatic rings. The Labute approximate surface area is 119 Å². The lowest BCUT2D eigenvalue weighted by atomic mass is 9.94. The zero-order valence-corrected chi connectivity index (χ0v) is 11.8. The predicted octanol–water partition coefficient (Wildman–Crippen LogP) is 0.887. The number of aromatic nitrogens is 3. The SMILES string of the molecule is C1CNC2CN(c3n[nH]c(C4CCOCC4)n3)CC2C1. The maximum absolute atomic E-state index is 5.41. The van der Waals surface area contributed by atoms with Gasteiger partial charge in [-0.15, -0.1) is 5.10 Å². The zero-order chi connectivity index (χ0) is 13.4. The summed E-state index contributed by atoms with van der Waals surface area (Å²) in [5.74, 6) is 3.20.